The third-order valence-electron chi connectivity index (χ3n) is 3.95. The molecule has 1 aromatic rings. The summed E-state index contributed by atoms with van der Waals surface area (Å²) in [7, 11) is 1.74. The Balaban J connectivity index is 2.17. The highest BCUT2D eigenvalue weighted by atomic mass is 19.1. The Hall–Kier alpha value is -1.69. The molecule has 5 nitrogen and oxygen atoms in total. The van der Waals surface area contributed by atoms with E-state index in [-0.39, 0.29) is 23.3 Å². The molecule has 0 aromatic carbocycles. The minimum atomic E-state index is -0.694. The summed E-state index contributed by atoms with van der Waals surface area (Å²) in [5.41, 5.74) is 2.18. The molecule has 1 fully saturated rings. The number of pyridine rings is 1. The van der Waals surface area contributed by atoms with Crippen molar-refractivity contribution in [2.45, 2.75) is 44.6 Å². The van der Waals surface area contributed by atoms with Crippen LogP contribution in [0.4, 0.5) is 10.2 Å². The molecule has 6 heteroatoms. The van der Waals surface area contributed by atoms with Crippen LogP contribution in [-0.2, 0) is 0 Å². The van der Waals surface area contributed by atoms with Crippen molar-refractivity contribution in [3.05, 3.63) is 23.6 Å². The van der Waals surface area contributed by atoms with Gasteiger partial charge in [-0.3, -0.25) is 4.79 Å². The Labute approximate surface area is 118 Å². The Morgan fingerprint density at radius 2 is 2.05 bits per heavy atom. The number of rotatable bonds is 3. The number of nitrogens with one attached hydrogen (secondary N) is 1. The van der Waals surface area contributed by atoms with Gasteiger partial charge in [-0.2, -0.15) is 0 Å². The predicted molar refractivity (Wildman–Crippen MR) is 75.6 cm³/mol. The van der Waals surface area contributed by atoms with Gasteiger partial charge in [0.05, 0.1) is 5.56 Å². The van der Waals surface area contributed by atoms with Gasteiger partial charge in [0.1, 0.15) is 0 Å². The molecule has 0 aliphatic heterocycles. The Morgan fingerprint density at radius 1 is 1.40 bits per heavy atom. The Morgan fingerprint density at radius 3 is 2.65 bits per heavy atom. The second kappa shape index (κ2) is 6.65. The molecule has 0 radical (unpaired) electrons. The van der Waals surface area contributed by atoms with Crippen LogP contribution in [0.5, 0.6) is 0 Å². The number of carbonyl (C=O) groups is 1. The number of nitrogens with zero attached hydrogens (tertiary/aromatic N) is 2. The van der Waals surface area contributed by atoms with Gasteiger partial charge < -0.3 is 10.3 Å². The SMILES string of the molecule is CN(C(=O)c1ccnc(NN)c1F)C1CCCCCC1. The van der Waals surface area contributed by atoms with E-state index >= 15 is 0 Å². The highest BCUT2D eigenvalue weighted by molar-refractivity contribution is 5.95. The molecule has 0 saturated heterocycles. The molecule has 1 amide bonds. The van der Waals surface area contributed by atoms with Crippen molar-refractivity contribution >= 4 is 11.7 Å². The number of amides is 1. The van der Waals surface area contributed by atoms with E-state index in [1.807, 2.05) is 0 Å². The number of halogens is 1. The average Bonchev–Trinajstić information content (AvgIpc) is 2.75. The number of nitrogen functional groups attached to an aromatic ring is 1. The number of carbonyl (C=O) groups excluding carboxylic acids is 1. The monoisotopic (exact) mass is 280 g/mol. The fourth-order valence-corrected chi connectivity index (χ4v) is 2.71. The summed E-state index contributed by atoms with van der Waals surface area (Å²) < 4.78 is 14.1. The smallest absolute Gasteiger partial charge is 0.257 e. The van der Waals surface area contributed by atoms with E-state index in [1.54, 1.807) is 11.9 Å². The molecule has 0 spiro atoms. The van der Waals surface area contributed by atoms with E-state index in [1.165, 1.54) is 25.1 Å². The zero-order valence-electron chi connectivity index (χ0n) is 11.7. The summed E-state index contributed by atoms with van der Waals surface area (Å²) in [6, 6.07) is 1.58. The highest BCUT2D eigenvalue weighted by Crippen LogP contribution is 2.23. The number of hydrogen-bond acceptors (Lipinski definition) is 4. The molecule has 20 heavy (non-hydrogen) atoms. The number of anilines is 1. The van der Waals surface area contributed by atoms with E-state index < -0.39 is 5.82 Å². The van der Waals surface area contributed by atoms with Crippen molar-refractivity contribution in [2.24, 2.45) is 5.84 Å². The van der Waals surface area contributed by atoms with Crippen molar-refractivity contribution in [1.82, 2.24) is 9.88 Å². The van der Waals surface area contributed by atoms with Crippen LogP contribution in [0.3, 0.4) is 0 Å². The van der Waals surface area contributed by atoms with Crippen LogP contribution in [0.2, 0.25) is 0 Å². The average molecular weight is 280 g/mol. The fraction of sp³-hybridized carbons (Fsp3) is 0.571. The van der Waals surface area contributed by atoms with Gasteiger partial charge in [-0.1, -0.05) is 25.7 Å². The van der Waals surface area contributed by atoms with Crippen LogP contribution in [0.1, 0.15) is 48.9 Å². The maximum Gasteiger partial charge on any atom is 0.257 e. The number of nitrogens with two attached hydrogens (primary N) is 1. The zero-order chi connectivity index (χ0) is 14.5. The van der Waals surface area contributed by atoms with Crippen molar-refractivity contribution in [3.63, 3.8) is 0 Å². The molecule has 110 valence electrons. The summed E-state index contributed by atoms with van der Waals surface area (Å²) in [5, 5.41) is 0. The van der Waals surface area contributed by atoms with Crippen LogP contribution in [0, 0.1) is 5.82 Å². The van der Waals surface area contributed by atoms with E-state index in [9.17, 15) is 9.18 Å². The van der Waals surface area contributed by atoms with Crippen LogP contribution in [-0.4, -0.2) is 28.9 Å². The molecule has 1 saturated carbocycles. The minimum absolute atomic E-state index is 0.0136. The zero-order valence-corrected chi connectivity index (χ0v) is 11.7. The number of hydrogen-bond donors (Lipinski definition) is 2. The lowest BCUT2D eigenvalue weighted by Gasteiger charge is -2.27. The topological polar surface area (TPSA) is 71.2 Å². The molecule has 0 bridgehead atoms. The molecule has 2 rings (SSSR count). The van der Waals surface area contributed by atoms with Gasteiger partial charge in [0, 0.05) is 19.3 Å². The maximum absolute atomic E-state index is 14.1. The summed E-state index contributed by atoms with van der Waals surface area (Å²) in [5.74, 6) is 4.07. The Bertz CT molecular complexity index is 472. The first-order chi connectivity index (χ1) is 9.65. The van der Waals surface area contributed by atoms with Gasteiger partial charge in [-0.05, 0) is 18.9 Å². The molecule has 3 N–H and O–H groups in total. The normalized spacial score (nSPS) is 16.6. The van der Waals surface area contributed by atoms with E-state index in [2.05, 4.69) is 10.4 Å². The van der Waals surface area contributed by atoms with Crippen molar-refractivity contribution < 1.29 is 9.18 Å². The second-order valence-electron chi connectivity index (χ2n) is 5.23. The van der Waals surface area contributed by atoms with Crippen LogP contribution >= 0.6 is 0 Å². The first-order valence-corrected chi connectivity index (χ1v) is 7.03. The van der Waals surface area contributed by atoms with Crippen molar-refractivity contribution in [2.75, 3.05) is 12.5 Å². The van der Waals surface area contributed by atoms with E-state index in [0.29, 0.717) is 0 Å². The van der Waals surface area contributed by atoms with Gasteiger partial charge >= 0.3 is 0 Å². The minimum Gasteiger partial charge on any atom is -0.339 e. The summed E-state index contributed by atoms with van der Waals surface area (Å²) in [4.78, 5) is 17.8. The first kappa shape index (κ1) is 14.7. The highest BCUT2D eigenvalue weighted by Gasteiger charge is 2.25. The van der Waals surface area contributed by atoms with Crippen LogP contribution in [0.15, 0.2) is 12.3 Å². The molecular weight excluding hydrogens is 259 g/mol. The maximum atomic E-state index is 14.1. The molecule has 1 aliphatic carbocycles. The third-order valence-corrected chi connectivity index (χ3v) is 3.95. The van der Waals surface area contributed by atoms with Crippen LogP contribution < -0.4 is 11.3 Å². The van der Waals surface area contributed by atoms with Crippen molar-refractivity contribution in [3.8, 4) is 0 Å². The third kappa shape index (κ3) is 3.07. The lowest BCUT2D eigenvalue weighted by molar-refractivity contribution is 0.0713. The van der Waals surface area contributed by atoms with E-state index in [0.717, 1.165) is 25.7 Å². The molecule has 0 atom stereocenters. The van der Waals surface area contributed by atoms with Crippen molar-refractivity contribution in [1.29, 1.82) is 0 Å². The lowest BCUT2D eigenvalue weighted by atomic mass is 10.1. The van der Waals surface area contributed by atoms with Gasteiger partial charge in [0.2, 0.25) is 0 Å². The quantitative estimate of drug-likeness (QED) is 0.506. The second-order valence-corrected chi connectivity index (χ2v) is 5.23. The Kier molecular flexibility index (Phi) is 4.89. The molecule has 1 heterocycles. The fourth-order valence-electron chi connectivity index (χ4n) is 2.71. The van der Waals surface area contributed by atoms with Crippen LogP contribution in [0.25, 0.3) is 0 Å². The number of aromatic nitrogens is 1. The molecular formula is C14H21FN4O. The standard InChI is InChI=1S/C14H21FN4O/c1-19(10-6-4-2-3-5-7-10)14(20)11-8-9-17-13(18-16)12(11)15/h8-10H,2-7,16H2,1H3,(H,17,18). The van der Waals surface area contributed by atoms with Gasteiger partial charge in [0.25, 0.3) is 5.91 Å². The predicted octanol–water partition coefficient (Wildman–Crippen LogP) is 2.30. The van der Waals surface area contributed by atoms with Gasteiger partial charge in [0.15, 0.2) is 11.6 Å². The first-order valence-electron chi connectivity index (χ1n) is 7.03. The molecule has 1 aromatic heterocycles. The van der Waals surface area contributed by atoms with Gasteiger partial charge in [-0.15, -0.1) is 0 Å². The van der Waals surface area contributed by atoms with Gasteiger partial charge in [-0.25, -0.2) is 15.2 Å². The summed E-state index contributed by atoms with van der Waals surface area (Å²) in [6.07, 6.45) is 8.01. The molecule has 0 unspecified atom stereocenters. The largest absolute Gasteiger partial charge is 0.339 e. The lowest BCUT2D eigenvalue weighted by Crippen LogP contribution is -2.37. The van der Waals surface area contributed by atoms with E-state index in [4.69, 9.17) is 5.84 Å². The number of hydrazine groups is 1. The summed E-state index contributed by atoms with van der Waals surface area (Å²) >= 11 is 0. The molecule has 1 aliphatic rings. The summed E-state index contributed by atoms with van der Waals surface area (Å²) in [6.45, 7) is 0.